The van der Waals surface area contributed by atoms with E-state index in [0.29, 0.717) is 18.7 Å². The van der Waals surface area contributed by atoms with Gasteiger partial charge in [-0.25, -0.2) is 10.2 Å². The molecular formula is C13H24N2O4. The third-order valence-corrected chi connectivity index (χ3v) is 2.21. The van der Waals surface area contributed by atoms with Crippen LogP contribution in [0.5, 0.6) is 0 Å². The second-order valence-corrected chi connectivity index (χ2v) is 5.08. The van der Waals surface area contributed by atoms with Crippen LogP contribution < -0.4 is 5.43 Å². The first-order valence-corrected chi connectivity index (χ1v) is 6.41. The van der Waals surface area contributed by atoms with Gasteiger partial charge in [-0.15, -0.1) is 0 Å². The maximum Gasteiger partial charge on any atom is 0.428 e. The SMILES string of the molecule is CCOC(=O)[C@@H](CC)/C(C)=N\NC(=O)OC(C)(C)C. The Morgan fingerprint density at radius 3 is 2.26 bits per heavy atom. The number of hydrogen-bond acceptors (Lipinski definition) is 5. The predicted molar refractivity (Wildman–Crippen MR) is 72.9 cm³/mol. The van der Waals surface area contributed by atoms with E-state index in [2.05, 4.69) is 10.5 Å². The minimum atomic E-state index is -0.648. The highest BCUT2D eigenvalue weighted by Crippen LogP contribution is 2.09. The highest BCUT2D eigenvalue weighted by atomic mass is 16.6. The summed E-state index contributed by atoms with van der Waals surface area (Å²) in [5.74, 6) is -0.785. The van der Waals surface area contributed by atoms with Crippen molar-refractivity contribution in [3.05, 3.63) is 0 Å². The molecule has 0 aliphatic carbocycles. The highest BCUT2D eigenvalue weighted by Gasteiger charge is 2.22. The third kappa shape index (κ3) is 7.43. The zero-order valence-corrected chi connectivity index (χ0v) is 12.6. The van der Waals surface area contributed by atoms with Gasteiger partial charge < -0.3 is 9.47 Å². The first kappa shape index (κ1) is 17.4. The summed E-state index contributed by atoms with van der Waals surface area (Å²) in [6.45, 7) is 10.9. The second-order valence-electron chi connectivity index (χ2n) is 5.08. The van der Waals surface area contributed by atoms with Crippen LogP contribution >= 0.6 is 0 Å². The fourth-order valence-corrected chi connectivity index (χ4v) is 1.39. The van der Waals surface area contributed by atoms with Crippen molar-refractivity contribution in [3.8, 4) is 0 Å². The number of hydrogen-bond donors (Lipinski definition) is 1. The van der Waals surface area contributed by atoms with Crippen molar-refractivity contribution in [3.63, 3.8) is 0 Å². The van der Waals surface area contributed by atoms with E-state index in [9.17, 15) is 9.59 Å². The summed E-state index contributed by atoms with van der Waals surface area (Å²) in [4.78, 5) is 23.1. The van der Waals surface area contributed by atoms with Crippen molar-refractivity contribution in [2.75, 3.05) is 6.61 Å². The van der Waals surface area contributed by atoms with Crippen LogP contribution in [0.25, 0.3) is 0 Å². The van der Waals surface area contributed by atoms with Crippen LogP contribution in [0, 0.1) is 5.92 Å². The summed E-state index contributed by atoms with van der Waals surface area (Å²) >= 11 is 0. The van der Waals surface area contributed by atoms with E-state index in [0.717, 1.165) is 0 Å². The summed E-state index contributed by atoms with van der Waals surface area (Å²) in [6, 6.07) is 0. The van der Waals surface area contributed by atoms with Gasteiger partial charge in [0, 0.05) is 5.71 Å². The molecule has 1 atom stereocenters. The van der Waals surface area contributed by atoms with Gasteiger partial charge in [0.15, 0.2) is 0 Å². The van der Waals surface area contributed by atoms with Gasteiger partial charge in [-0.05, 0) is 41.0 Å². The van der Waals surface area contributed by atoms with E-state index in [1.807, 2.05) is 6.92 Å². The molecule has 0 aromatic heterocycles. The maximum atomic E-state index is 11.6. The normalized spacial score (nSPS) is 13.7. The lowest BCUT2D eigenvalue weighted by molar-refractivity contribution is -0.145. The number of nitrogens with one attached hydrogen (secondary N) is 1. The Bertz CT molecular complexity index is 345. The van der Waals surface area contributed by atoms with Gasteiger partial charge >= 0.3 is 12.1 Å². The average Bonchev–Trinajstić information content (AvgIpc) is 2.25. The highest BCUT2D eigenvalue weighted by molar-refractivity contribution is 6.01. The fourth-order valence-electron chi connectivity index (χ4n) is 1.39. The summed E-state index contributed by atoms with van der Waals surface area (Å²) in [6.07, 6.45) is -0.0879. The van der Waals surface area contributed by atoms with Gasteiger partial charge in [0.1, 0.15) is 5.60 Å². The van der Waals surface area contributed by atoms with Crippen molar-refractivity contribution in [1.82, 2.24) is 5.43 Å². The van der Waals surface area contributed by atoms with E-state index in [-0.39, 0.29) is 5.97 Å². The summed E-state index contributed by atoms with van der Waals surface area (Å²) < 4.78 is 9.98. The van der Waals surface area contributed by atoms with Crippen molar-refractivity contribution in [2.24, 2.45) is 11.0 Å². The van der Waals surface area contributed by atoms with Gasteiger partial charge in [0.25, 0.3) is 0 Å². The zero-order valence-electron chi connectivity index (χ0n) is 12.6. The van der Waals surface area contributed by atoms with Crippen LogP contribution in [0.15, 0.2) is 5.10 Å². The molecule has 0 aliphatic rings. The molecule has 0 unspecified atom stereocenters. The molecule has 6 nitrogen and oxygen atoms in total. The van der Waals surface area contributed by atoms with Crippen LogP contribution in [0.2, 0.25) is 0 Å². The number of esters is 1. The molecule has 19 heavy (non-hydrogen) atoms. The van der Waals surface area contributed by atoms with Crippen LogP contribution in [-0.4, -0.2) is 30.0 Å². The molecule has 0 aromatic carbocycles. The van der Waals surface area contributed by atoms with Gasteiger partial charge in [-0.3, -0.25) is 4.79 Å². The average molecular weight is 272 g/mol. The number of carbonyl (C=O) groups is 2. The van der Waals surface area contributed by atoms with Crippen LogP contribution in [0.3, 0.4) is 0 Å². The molecule has 0 heterocycles. The lowest BCUT2D eigenvalue weighted by Gasteiger charge is -2.19. The molecule has 0 fully saturated rings. The molecule has 110 valence electrons. The monoisotopic (exact) mass is 272 g/mol. The van der Waals surface area contributed by atoms with E-state index < -0.39 is 17.6 Å². The zero-order chi connectivity index (χ0) is 15.1. The maximum absolute atomic E-state index is 11.6. The van der Waals surface area contributed by atoms with E-state index >= 15 is 0 Å². The van der Waals surface area contributed by atoms with Gasteiger partial charge in [-0.2, -0.15) is 5.10 Å². The molecule has 1 N–H and O–H groups in total. The smallest absolute Gasteiger partial charge is 0.428 e. The van der Waals surface area contributed by atoms with E-state index in [1.165, 1.54) is 0 Å². The lowest BCUT2D eigenvalue weighted by atomic mass is 10.0. The minimum Gasteiger partial charge on any atom is -0.465 e. The minimum absolute atomic E-state index is 0.322. The van der Waals surface area contributed by atoms with Crippen molar-refractivity contribution < 1.29 is 19.1 Å². The lowest BCUT2D eigenvalue weighted by Crippen LogP contribution is -2.32. The Kier molecular flexibility index (Phi) is 7.11. The second kappa shape index (κ2) is 7.76. The number of rotatable bonds is 5. The van der Waals surface area contributed by atoms with Gasteiger partial charge in [-0.1, -0.05) is 6.92 Å². The van der Waals surface area contributed by atoms with E-state index in [1.54, 1.807) is 34.6 Å². The summed E-state index contributed by atoms with van der Waals surface area (Å²) in [5, 5.41) is 3.87. The molecule has 0 bridgehead atoms. The van der Waals surface area contributed by atoms with E-state index in [4.69, 9.17) is 9.47 Å². The topological polar surface area (TPSA) is 77.0 Å². The summed E-state index contributed by atoms with van der Waals surface area (Å²) in [7, 11) is 0. The molecule has 0 radical (unpaired) electrons. The number of hydrazone groups is 1. The molecule has 0 rings (SSSR count). The van der Waals surface area contributed by atoms with Crippen molar-refractivity contribution in [2.45, 2.75) is 53.6 Å². The van der Waals surface area contributed by atoms with Gasteiger partial charge in [0.05, 0.1) is 12.5 Å². The first-order chi connectivity index (χ1) is 8.71. The third-order valence-electron chi connectivity index (χ3n) is 2.21. The fraction of sp³-hybridized carbons (Fsp3) is 0.769. The molecular weight excluding hydrogens is 248 g/mol. The molecule has 1 amide bonds. The number of ether oxygens (including phenoxy) is 2. The van der Waals surface area contributed by atoms with Crippen LogP contribution in [0.4, 0.5) is 4.79 Å². The Balaban J connectivity index is 4.53. The van der Waals surface area contributed by atoms with Gasteiger partial charge in [0.2, 0.25) is 0 Å². The first-order valence-electron chi connectivity index (χ1n) is 6.41. The summed E-state index contributed by atoms with van der Waals surface area (Å²) in [5.41, 5.74) is 2.18. The molecule has 0 saturated heterocycles. The predicted octanol–water partition coefficient (Wildman–Crippen LogP) is 2.48. The molecule has 6 heteroatoms. The Labute approximate surface area is 114 Å². The quantitative estimate of drug-likeness (QED) is 0.474. The standard InChI is InChI=1S/C13H24N2O4/c1-7-10(11(16)18-8-2)9(3)14-15-12(17)19-13(4,5)6/h10H,7-8H2,1-6H3,(H,15,17)/b14-9-/t10-/m0/s1. The largest absolute Gasteiger partial charge is 0.465 e. The molecule has 0 saturated carbocycles. The van der Waals surface area contributed by atoms with Crippen molar-refractivity contribution >= 4 is 17.8 Å². The Morgan fingerprint density at radius 1 is 1.26 bits per heavy atom. The van der Waals surface area contributed by atoms with Crippen LogP contribution in [0.1, 0.15) is 48.0 Å². The number of carbonyl (C=O) groups excluding carboxylic acids is 2. The van der Waals surface area contributed by atoms with Crippen LogP contribution in [-0.2, 0) is 14.3 Å². The Morgan fingerprint density at radius 2 is 1.84 bits per heavy atom. The molecule has 0 spiro atoms. The molecule has 0 aromatic rings. The molecule has 0 aliphatic heterocycles. The Hall–Kier alpha value is -1.59. The number of nitrogens with zero attached hydrogens (tertiary/aromatic N) is 1. The number of amides is 1. The van der Waals surface area contributed by atoms with Crippen molar-refractivity contribution in [1.29, 1.82) is 0 Å².